The van der Waals surface area contributed by atoms with Crippen molar-refractivity contribution in [3.63, 3.8) is 0 Å². The minimum atomic E-state index is -1.53. The van der Waals surface area contributed by atoms with Crippen molar-refractivity contribution in [1.29, 1.82) is 0 Å². The zero-order chi connectivity index (χ0) is 25.6. The molecule has 1 saturated heterocycles. The van der Waals surface area contributed by atoms with Crippen LogP contribution in [-0.4, -0.2) is 30.0 Å². The number of anilines is 1. The first-order valence-corrected chi connectivity index (χ1v) is 11.7. The van der Waals surface area contributed by atoms with Gasteiger partial charge >= 0.3 is 0 Å². The summed E-state index contributed by atoms with van der Waals surface area (Å²) >= 11 is 6.58. The third-order valence-electron chi connectivity index (χ3n) is 6.90. The minimum Gasteiger partial charge on any atom is -0.493 e. The summed E-state index contributed by atoms with van der Waals surface area (Å²) in [6, 6.07) is 14.4. The lowest BCUT2D eigenvalue weighted by Crippen LogP contribution is -2.54. The molecule has 5 rings (SSSR count). The number of para-hydroxylation sites is 1. The van der Waals surface area contributed by atoms with Crippen LogP contribution in [-0.2, 0) is 16.9 Å². The van der Waals surface area contributed by atoms with E-state index in [-0.39, 0.29) is 23.2 Å². The molecule has 0 aliphatic carbocycles. The molecule has 0 bridgehead atoms. The van der Waals surface area contributed by atoms with E-state index in [0.717, 1.165) is 5.56 Å². The highest BCUT2D eigenvalue weighted by Gasteiger charge is 2.67. The van der Waals surface area contributed by atoms with Gasteiger partial charge in [0.1, 0.15) is 12.4 Å². The number of methoxy groups -OCH3 is 1. The second kappa shape index (κ2) is 9.07. The van der Waals surface area contributed by atoms with Crippen LogP contribution in [0.2, 0.25) is 5.02 Å². The molecular formula is C26H23ClFN3O5. The number of nitrogens with zero attached hydrogens (tertiary/aromatic N) is 1. The maximum absolute atomic E-state index is 13.2. The fraction of sp³-hybridized carbons (Fsp3) is 0.269. The third kappa shape index (κ3) is 3.75. The van der Waals surface area contributed by atoms with Gasteiger partial charge in [-0.25, -0.2) is 4.39 Å². The van der Waals surface area contributed by atoms with E-state index >= 15 is 0 Å². The number of nitro groups is 1. The lowest BCUT2D eigenvalue weighted by molar-refractivity contribution is -0.532. The molecule has 0 radical (unpaired) electrons. The average Bonchev–Trinajstić information content (AvgIpc) is 3.32. The largest absolute Gasteiger partial charge is 0.493 e. The molecule has 0 aromatic heterocycles. The first-order valence-electron chi connectivity index (χ1n) is 11.3. The molecule has 36 heavy (non-hydrogen) atoms. The fourth-order valence-electron chi connectivity index (χ4n) is 5.36. The highest BCUT2D eigenvalue weighted by Crippen LogP contribution is 2.51. The van der Waals surface area contributed by atoms with E-state index in [1.807, 2.05) is 6.92 Å². The van der Waals surface area contributed by atoms with Gasteiger partial charge in [-0.2, -0.15) is 0 Å². The highest BCUT2D eigenvalue weighted by molar-refractivity contribution is 6.32. The maximum atomic E-state index is 13.2. The minimum absolute atomic E-state index is 0.120. The number of rotatable bonds is 6. The van der Waals surface area contributed by atoms with Crippen LogP contribution >= 0.6 is 11.6 Å². The summed E-state index contributed by atoms with van der Waals surface area (Å²) < 4.78 is 24.6. The lowest BCUT2D eigenvalue weighted by Gasteiger charge is -2.25. The molecule has 0 saturated carbocycles. The average molecular weight is 512 g/mol. The van der Waals surface area contributed by atoms with Gasteiger partial charge in [0, 0.05) is 22.2 Å². The number of hydrogen-bond donors (Lipinski definition) is 2. The van der Waals surface area contributed by atoms with E-state index in [1.54, 1.807) is 48.5 Å². The standard InChI is InChI=1S/C26H23ClFN3O5/c1-14-22(24(31(33)34)26(30-14)18-5-3-4-6-20(18)29-25(26)32)16-11-19(27)23(21(12-16)35-2)36-13-15-7-9-17(28)10-8-15/h3-12,14,22,24,30H,13H2,1-2H3,(H,29,32)/t14-,22-,24+,26-/m0/s1. The highest BCUT2D eigenvalue weighted by atomic mass is 35.5. The Morgan fingerprint density at radius 2 is 1.89 bits per heavy atom. The quantitative estimate of drug-likeness (QED) is 0.369. The van der Waals surface area contributed by atoms with Crippen molar-refractivity contribution in [2.24, 2.45) is 0 Å². The van der Waals surface area contributed by atoms with E-state index < -0.39 is 34.4 Å². The second-order valence-electron chi connectivity index (χ2n) is 8.95. The summed E-state index contributed by atoms with van der Waals surface area (Å²) in [6.45, 7) is 1.93. The molecule has 3 aromatic rings. The molecule has 3 aromatic carbocycles. The first kappa shape index (κ1) is 24.0. The number of fused-ring (bicyclic) bond motifs is 2. The van der Waals surface area contributed by atoms with Gasteiger partial charge in [-0.05, 0) is 48.4 Å². The first-order chi connectivity index (χ1) is 17.3. The van der Waals surface area contributed by atoms with E-state index in [1.165, 1.54) is 19.2 Å². The van der Waals surface area contributed by atoms with Crippen LogP contribution in [0.3, 0.4) is 0 Å². The molecule has 1 spiro atoms. The second-order valence-corrected chi connectivity index (χ2v) is 9.35. The van der Waals surface area contributed by atoms with Gasteiger partial charge in [0.25, 0.3) is 11.9 Å². The molecule has 4 atom stereocenters. The maximum Gasteiger partial charge on any atom is 0.256 e. The topological polar surface area (TPSA) is 103 Å². The summed E-state index contributed by atoms with van der Waals surface area (Å²) in [7, 11) is 1.45. The van der Waals surface area contributed by atoms with Crippen LogP contribution in [0.5, 0.6) is 11.5 Å². The number of halogens is 2. The molecule has 1 fully saturated rings. The van der Waals surface area contributed by atoms with E-state index in [4.69, 9.17) is 21.1 Å². The number of benzene rings is 3. The normalized spacial score (nSPS) is 24.4. The molecule has 0 unspecified atom stereocenters. The van der Waals surface area contributed by atoms with E-state index in [9.17, 15) is 19.3 Å². The van der Waals surface area contributed by atoms with Crippen molar-refractivity contribution in [1.82, 2.24) is 5.32 Å². The molecular weight excluding hydrogens is 489 g/mol. The van der Waals surface area contributed by atoms with Crippen LogP contribution in [0.25, 0.3) is 0 Å². The summed E-state index contributed by atoms with van der Waals surface area (Å²) in [6.07, 6.45) is 0. The third-order valence-corrected chi connectivity index (χ3v) is 7.18. The number of hydrogen-bond acceptors (Lipinski definition) is 6. The molecule has 2 heterocycles. The summed E-state index contributed by atoms with van der Waals surface area (Å²) in [5.74, 6) is -0.950. The van der Waals surface area contributed by atoms with Gasteiger partial charge in [-0.3, -0.25) is 20.2 Å². The van der Waals surface area contributed by atoms with Gasteiger partial charge in [0.2, 0.25) is 0 Å². The van der Waals surface area contributed by atoms with Crippen molar-refractivity contribution in [2.75, 3.05) is 12.4 Å². The van der Waals surface area contributed by atoms with Crippen LogP contribution < -0.4 is 20.1 Å². The number of amides is 1. The van der Waals surface area contributed by atoms with Crippen molar-refractivity contribution in [3.05, 3.63) is 98.3 Å². The predicted octanol–water partition coefficient (Wildman–Crippen LogP) is 4.63. The lowest BCUT2D eigenvalue weighted by atomic mass is 9.78. The Kier molecular flexibility index (Phi) is 6.05. The van der Waals surface area contributed by atoms with Crippen molar-refractivity contribution in [2.45, 2.75) is 37.1 Å². The molecule has 10 heteroatoms. The van der Waals surface area contributed by atoms with E-state index in [2.05, 4.69) is 10.6 Å². The zero-order valence-corrected chi connectivity index (χ0v) is 20.2. The SMILES string of the molecule is COc1cc([C@@H]2[C@H](C)N[C@]3(C(=O)Nc4ccccc43)[C@@H]2[N+](=O)[O-])cc(Cl)c1OCc1ccc(F)cc1. The Morgan fingerprint density at radius 3 is 2.58 bits per heavy atom. The van der Waals surface area contributed by atoms with Crippen molar-refractivity contribution < 1.29 is 23.6 Å². The van der Waals surface area contributed by atoms with E-state index in [0.29, 0.717) is 22.6 Å². The van der Waals surface area contributed by atoms with Gasteiger partial charge in [-0.15, -0.1) is 0 Å². The Morgan fingerprint density at radius 1 is 1.17 bits per heavy atom. The van der Waals surface area contributed by atoms with Gasteiger partial charge in [0.15, 0.2) is 17.0 Å². The Labute approximate surface area is 211 Å². The molecule has 8 nitrogen and oxygen atoms in total. The number of nitrogens with one attached hydrogen (secondary N) is 2. The smallest absolute Gasteiger partial charge is 0.256 e. The van der Waals surface area contributed by atoms with Crippen LogP contribution in [0, 0.1) is 15.9 Å². The monoisotopic (exact) mass is 511 g/mol. The predicted molar refractivity (Wildman–Crippen MR) is 132 cm³/mol. The van der Waals surface area contributed by atoms with Crippen LogP contribution in [0.4, 0.5) is 10.1 Å². The number of carbonyl (C=O) groups excluding carboxylic acids is 1. The van der Waals surface area contributed by atoms with Gasteiger partial charge in [0.05, 0.1) is 18.1 Å². The number of ether oxygens (including phenoxy) is 2. The Hall–Kier alpha value is -3.69. The molecule has 2 aliphatic rings. The van der Waals surface area contributed by atoms with Crippen molar-refractivity contribution in [3.8, 4) is 11.5 Å². The molecule has 186 valence electrons. The van der Waals surface area contributed by atoms with Gasteiger partial charge < -0.3 is 14.8 Å². The van der Waals surface area contributed by atoms with Gasteiger partial charge in [-0.1, -0.05) is 41.9 Å². The summed E-state index contributed by atoms with van der Waals surface area (Å²) in [5, 5.41) is 18.7. The van der Waals surface area contributed by atoms with Crippen LogP contribution in [0.15, 0.2) is 60.7 Å². The summed E-state index contributed by atoms with van der Waals surface area (Å²) in [4.78, 5) is 25.3. The number of carbonyl (C=O) groups is 1. The van der Waals surface area contributed by atoms with Crippen LogP contribution in [0.1, 0.15) is 29.5 Å². The fourth-order valence-corrected chi connectivity index (χ4v) is 5.64. The molecule has 2 N–H and O–H groups in total. The Balaban J connectivity index is 1.53. The molecule has 1 amide bonds. The summed E-state index contributed by atoms with van der Waals surface area (Å²) in [5.41, 5.74) is 0.843. The zero-order valence-electron chi connectivity index (χ0n) is 19.5. The Bertz CT molecular complexity index is 1350. The molecule has 2 aliphatic heterocycles. The van der Waals surface area contributed by atoms with Crippen molar-refractivity contribution >= 4 is 23.2 Å².